The number of carbonyl (C=O) groups excluding carboxylic acids is 1. The molecule has 0 aliphatic heterocycles. The Morgan fingerprint density at radius 1 is 1.35 bits per heavy atom. The molecule has 0 radical (unpaired) electrons. The van der Waals surface area contributed by atoms with Crippen molar-refractivity contribution in [3.8, 4) is 5.75 Å². The molecule has 0 aliphatic carbocycles. The van der Waals surface area contributed by atoms with E-state index in [0.717, 1.165) is 17.7 Å². The average molecular weight is 301 g/mol. The third-order valence-corrected chi connectivity index (χ3v) is 3.50. The van der Waals surface area contributed by atoms with Crippen molar-refractivity contribution < 1.29 is 9.53 Å². The van der Waals surface area contributed by atoms with Crippen LogP contribution in [0.5, 0.6) is 5.75 Å². The van der Waals surface area contributed by atoms with E-state index in [9.17, 15) is 4.79 Å². The van der Waals surface area contributed by atoms with Crippen LogP contribution in [0, 0.1) is 5.92 Å². The molecule has 1 aromatic rings. The summed E-state index contributed by atoms with van der Waals surface area (Å²) in [5.74, 6) is 1.00. The van der Waals surface area contributed by atoms with Gasteiger partial charge in [-0.15, -0.1) is 12.4 Å². The number of nitrogens with two attached hydrogens (primary N) is 1. The lowest BCUT2D eigenvalue weighted by molar-refractivity contribution is -0.132. The van der Waals surface area contributed by atoms with Gasteiger partial charge in [0.1, 0.15) is 5.75 Å². The van der Waals surface area contributed by atoms with Crippen LogP contribution in [0.15, 0.2) is 24.3 Å². The number of amides is 1. The lowest BCUT2D eigenvalue weighted by atomic mass is 9.99. The van der Waals surface area contributed by atoms with E-state index in [0.29, 0.717) is 6.54 Å². The van der Waals surface area contributed by atoms with E-state index >= 15 is 0 Å². The van der Waals surface area contributed by atoms with E-state index in [1.54, 1.807) is 19.1 Å². The standard InChI is InChI=1S/C15H24N2O2.ClH/c1-5-11(2)14(16)15(18)17(3)10-12-6-8-13(19-4)9-7-12;/h6-9,11,14H,5,10,16H2,1-4H3;1H. The summed E-state index contributed by atoms with van der Waals surface area (Å²) in [5, 5.41) is 0. The Kier molecular flexibility index (Phi) is 8.26. The molecule has 0 saturated carbocycles. The molecule has 1 amide bonds. The maximum absolute atomic E-state index is 12.1. The highest BCUT2D eigenvalue weighted by Gasteiger charge is 2.22. The fraction of sp³-hybridized carbons (Fsp3) is 0.533. The summed E-state index contributed by atoms with van der Waals surface area (Å²) in [7, 11) is 3.42. The first-order chi connectivity index (χ1) is 8.99. The third-order valence-electron chi connectivity index (χ3n) is 3.50. The number of likely N-dealkylation sites (N-methyl/N-ethyl adjacent to an activating group) is 1. The summed E-state index contributed by atoms with van der Waals surface area (Å²) in [6.07, 6.45) is 0.906. The summed E-state index contributed by atoms with van der Waals surface area (Å²) in [6, 6.07) is 7.27. The Bertz CT molecular complexity index is 409. The fourth-order valence-electron chi connectivity index (χ4n) is 1.83. The van der Waals surface area contributed by atoms with Gasteiger partial charge >= 0.3 is 0 Å². The van der Waals surface area contributed by atoms with Crippen molar-refractivity contribution in [1.29, 1.82) is 0 Å². The number of nitrogens with zero attached hydrogens (tertiary/aromatic N) is 1. The number of ether oxygens (including phenoxy) is 1. The van der Waals surface area contributed by atoms with Crippen LogP contribution in [0.4, 0.5) is 0 Å². The molecule has 0 bridgehead atoms. The van der Waals surface area contributed by atoms with Crippen molar-refractivity contribution in [2.24, 2.45) is 11.7 Å². The van der Waals surface area contributed by atoms with E-state index in [-0.39, 0.29) is 24.2 Å². The minimum atomic E-state index is -0.423. The van der Waals surface area contributed by atoms with E-state index in [1.807, 2.05) is 38.1 Å². The molecule has 0 fully saturated rings. The van der Waals surface area contributed by atoms with Crippen molar-refractivity contribution in [3.63, 3.8) is 0 Å². The molecule has 0 aliphatic rings. The highest BCUT2D eigenvalue weighted by Crippen LogP contribution is 2.14. The van der Waals surface area contributed by atoms with Gasteiger partial charge in [-0.2, -0.15) is 0 Å². The lowest BCUT2D eigenvalue weighted by Gasteiger charge is -2.24. The predicted molar refractivity (Wildman–Crippen MR) is 84.1 cm³/mol. The molecule has 2 N–H and O–H groups in total. The second kappa shape index (κ2) is 8.82. The number of carbonyl (C=O) groups is 1. The summed E-state index contributed by atoms with van der Waals surface area (Å²) >= 11 is 0. The molecule has 1 aromatic carbocycles. The number of hydrogen-bond donors (Lipinski definition) is 1. The zero-order chi connectivity index (χ0) is 14.4. The second-order valence-corrected chi connectivity index (χ2v) is 4.95. The highest BCUT2D eigenvalue weighted by atomic mass is 35.5. The number of methoxy groups -OCH3 is 1. The van der Waals surface area contributed by atoms with Gasteiger partial charge < -0.3 is 15.4 Å². The largest absolute Gasteiger partial charge is 0.497 e. The Balaban J connectivity index is 0.00000361. The number of hydrogen-bond acceptors (Lipinski definition) is 3. The van der Waals surface area contributed by atoms with Crippen LogP contribution in [0.2, 0.25) is 0 Å². The fourth-order valence-corrected chi connectivity index (χ4v) is 1.83. The van der Waals surface area contributed by atoms with Crippen molar-refractivity contribution >= 4 is 18.3 Å². The van der Waals surface area contributed by atoms with Gasteiger partial charge in [-0.1, -0.05) is 32.4 Å². The molecule has 2 unspecified atom stereocenters. The summed E-state index contributed by atoms with van der Waals surface area (Å²) < 4.78 is 5.11. The van der Waals surface area contributed by atoms with Gasteiger partial charge in [0.15, 0.2) is 0 Å². The summed E-state index contributed by atoms with van der Waals surface area (Å²) in [6.45, 7) is 4.61. The lowest BCUT2D eigenvalue weighted by Crippen LogP contribution is -2.45. The topological polar surface area (TPSA) is 55.6 Å². The monoisotopic (exact) mass is 300 g/mol. The van der Waals surface area contributed by atoms with Gasteiger partial charge in [-0.25, -0.2) is 0 Å². The first-order valence-corrected chi connectivity index (χ1v) is 6.63. The zero-order valence-corrected chi connectivity index (χ0v) is 13.4. The van der Waals surface area contributed by atoms with Crippen LogP contribution in [-0.4, -0.2) is 31.0 Å². The minimum absolute atomic E-state index is 0. The van der Waals surface area contributed by atoms with Crippen LogP contribution < -0.4 is 10.5 Å². The Hall–Kier alpha value is -1.26. The Morgan fingerprint density at radius 2 is 1.90 bits per heavy atom. The quantitative estimate of drug-likeness (QED) is 0.878. The van der Waals surface area contributed by atoms with Gasteiger partial charge in [-0.05, 0) is 23.6 Å². The van der Waals surface area contributed by atoms with Crippen LogP contribution in [-0.2, 0) is 11.3 Å². The number of rotatable bonds is 6. The van der Waals surface area contributed by atoms with E-state index in [4.69, 9.17) is 10.5 Å². The second-order valence-electron chi connectivity index (χ2n) is 4.95. The van der Waals surface area contributed by atoms with Crippen LogP contribution in [0.1, 0.15) is 25.8 Å². The molecular weight excluding hydrogens is 276 g/mol. The molecule has 1 rings (SSSR count). The van der Waals surface area contributed by atoms with Gasteiger partial charge in [0.2, 0.25) is 5.91 Å². The van der Waals surface area contributed by atoms with Crippen LogP contribution >= 0.6 is 12.4 Å². The van der Waals surface area contributed by atoms with Crippen LogP contribution in [0.25, 0.3) is 0 Å². The molecule has 0 heterocycles. The predicted octanol–water partition coefficient (Wildman–Crippen LogP) is 2.45. The van der Waals surface area contributed by atoms with E-state index in [1.165, 1.54) is 0 Å². The smallest absolute Gasteiger partial charge is 0.239 e. The maximum atomic E-state index is 12.1. The molecule has 2 atom stereocenters. The Morgan fingerprint density at radius 3 is 2.35 bits per heavy atom. The molecule has 0 spiro atoms. The van der Waals surface area contributed by atoms with Gasteiger partial charge in [0.05, 0.1) is 13.2 Å². The molecule has 0 aromatic heterocycles. The van der Waals surface area contributed by atoms with Gasteiger partial charge in [0.25, 0.3) is 0 Å². The molecule has 0 saturated heterocycles. The van der Waals surface area contributed by atoms with Crippen molar-refractivity contribution in [1.82, 2.24) is 4.90 Å². The molecule has 4 nitrogen and oxygen atoms in total. The van der Waals surface area contributed by atoms with Gasteiger partial charge in [-0.3, -0.25) is 4.79 Å². The summed E-state index contributed by atoms with van der Waals surface area (Å²) in [4.78, 5) is 13.8. The van der Waals surface area contributed by atoms with E-state index in [2.05, 4.69) is 0 Å². The normalized spacial score (nSPS) is 13.1. The molecule has 114 valence electrons. The molecular formula is C15H25ClN2O2. The third kappa shape index (κ3) is 5.02. The summed E-state index contributed by atoms with van der Waals surface area (Å²) in [5.41, 5.74) is 7.02. The maximum Gasteiger partial charge on any atom is 0.239 e. The van der Waals surface area contributed by atoms with E-state index < -0.39 is 6.04 Å². The number of halogens is 1. The van der Waals surface area contributed by atoms with Gasteiger partial charge in [0, 0.05) is 13.6 Å². The van der Waals surface area contributed by atoms with Crippen molar-refractivity contribution in [3.05, 3.63) is 29.8 Å². The zero-order valence-electron chi connectivity index (χ0n) is 12.6. The van der Waals surface area contributed by atoms with Crippen LogP contribution in [0.3, 0.4) is 0 Å². The van der Waals surface area contributed by atoms with Crippen molar-refractivity contribution in [2.75, 3.05) is 14.2 Å². The highest BCUT2D eigenvalue weighted by molar-refractivity contribution is 5.85. The first-order valence-electron chi connectivity index (χ1n) is 6.63. The average Bonchev–Trinajstić information content (AvgIpc) is 2.45. The molecule has 20 heavy (non-hydrogen) atoms. The number of benzene rings is 1. The SMILES string of the molecule is CCC(C)C(N)C(=O)N(C)Cc1ccc(OC)cc1.Cl. The first kappa shape index (κ1) is 18.7. The Labute approximate surface area is 127 Å². The molecule has 5 heteroatoms. The van der Waals surface area contributed by atoms with Crippen molar-refractivity contribution in [2.45, 2.75) is 32.9 Å². The minimum Gasteiger partial charge on any atom is -0.497 e.